The Morgan fingerprint density at radius 3 is 2.76 bits per heavy atom. The maximum Gasteiger partial charge on any atom is 0.233 e. The number of rotatable bonds is 5. The first kappa shape index (κ1) is 15.5. The molecule has 0 aliphatic carbocycles. The summed E-state index contributed by atoms with van der Waals surface area (Å²) in [5.74, 6) is 0.482. The van der Waals surface area contributed by atoms with Gasteiger partial charge < -0.3 is 14.9 Å². The lowest BCUT2D eigenvalue weighted by atomic mass is 9.93. The van der Waals surface area contributed by atoms with Crippen molar-refractivity contribution in [3.8, 4) is 0 Å². The molecule has 1 aliphatic heterocycles. The molecule has 1 heterocycles. The first-order valence-corrected chi connectivity index (χ1v) is 7.13. The molecule has 1 N–H and O–H groups in total. The summed E-state index contributed by atoms with van der Waals surface area (Å²) < 4.78 is 5.66. The molecule has 1 aromatic carbocycles. The minimum Gasteiger partial charge on any atom is -0.391 e. The van der Waals surface area contributed by atoms with Gasteiger partial charge in [0.15, 0.2) is 5.84 Å². The van der Waals surface area contributed by atoms with Gasteiger partial charge in [-0.25, -0.2) is 0 Å². The molecule has 0 aromatic heterocycles. The predicted molar refractivity (Wildman–Crippen MR) is 80.6 cm³/mol. The number of benzene rings is 1. The predicted octanol–water partition coefficient (Wildman–Crippen LogP) is 2.47. The van der Waals surface area contributed by atoms with E-state index in [2.05, 4.69) is 10.5 Å². The normalized spacial score (nSPS) is 18.0. The molecule has 114 valence electrons. The molecule has 0 radical (unpaired) electrons. The third-order valence-corrected chi connectivity index (χ3v) is 3.27. The zero-order valence-electron chi connectivity index (χ0n) is 12.8. The molecule has 1 amide bonds. The van der Waals surface area contributed by atoms with Crippen LogP contribution in [0.5, 0.6) is 0 Å². The minimum atomic E-state index is -0.622. The molecule has 0 saturated carbocycles. The van der Waals surface area contributed by atoms with Crippen LogP contribution in [0.15, 0.2) is 35.5 Å². The van der Waals surface area contributed by atoms with Gasteiger partial charge in [0.2, 0.25) is 5.91 Å². The molecule has 0 unspecified atom stereocenters. The van der Waals surface area contributed by atoms with Gasteiger partial charge >= 0.3 is 0 Å². The van der Waals surface area contributed by atoms with E-state index >= 15 is 0 Å². The highest BCUT2D eigenvalue weighted by Crippen LogP contribution is 2.18. The fourth-order valence-corrected chi connectivity index (χ4v) is 1.94. The standard InChI is InChI=1S/C16H22N2O3/c1-12-9-14(18-21-12)17-15(19)16(2,3)11-20-10-13-7-5-4-6-8-13/h4-8,12H,9-11H2,1-3H3,(H,17,18,19)/t12-/m1/s1. The molecule has 0 bridgehead atoms. The van der Waals surface area contributed by atoms with Crippen LogP contribution in [0.3, 0.4) is 0 Å². The third-order valence-electron chi connectivity index (χ3n) is 3.27. The van der Waals surface area contributed by atoms with Gasteiger partial charge in [-0.1, -0.05) is 35.5 Å². The SMILES string of the molecule is C[C@@H]1CC(NC(=O)C(C)(C)COCc2ccccc2)=NO1. The monoisotopic (exact) mass is 290 g/mol. The fourth-order valence-electron chi connectivity index (χ4n) is 1.94. The number of carbonyl (C=O) groups is 1. The van der Waals surface area contributed by atoms with E-state index in [-0.39, 0.29) is 12.0 Å². The summed E-state index contributed by atoms with van der Waals surface area (Å²) in [6, 6.07) is 9.90. The smallest absolute Gasteiger partial charge is 0.233 e. The van der Waals surface area contributed by atoms with Crippen molar-refractivity contribution in [2.75, 3.05) is 6.61 Å². The quantitative estimate of drug-likeness (QED) is 0.906. The van der Waals surface area contributed by atoms with Crippen molar-refractivity contribution in [3.63, 3.8) is 0 Å². The highest BCUT2D eigenvalue weighted by molar-refractivity contribution is 6.00. The summed E-state index contributed by atoms with van der Waals surface area (Å²) >= 11 is 0. The lowest BCUT2D eigenvalue weighted by molar-refractivity contribution is -0.131. The Balaban J connectivity index is 1.79. The van der Waals surface area contributed by atoms with Gasteiger partial charge in [0.25, 0.3) is 0 Å². The summed E-state index contributed by atoms with van der Waals surface area (Å²) in [4.78, 5) is 17.3. The fraction of sp³-hybridized carbons (Fsp3) is 0.500. The van der Waals surface area contributed by atoms with E-state index < -0.39 is 5.41 Å². The number of amidine groups is 1. The maximum atomic E-state index is 12.2. The van der Waals surface area contributed by atoms with Gasteiger partial charge in [-0.05, 0) is 26.3 Å². The zero-order valence-corrected chi connectivity index (χ0v) is 12.8. The van der Waals surface area contributed by atoms with Gasteiger partial charge in [-0.2, -0.15) is 0 Å². The lowest BCUT2D eigenvalue weighted by Gasteiger charge is -2.23. The Kier molecular flexibility index (Phi) is 4.96. The van der Waals surface area contributed by atoms with Crippen molar-refractivity contribution < 1.29 is 14.4 Å². The van der Waals surface area contributed by atoms with Gasteiger partial charge in [-0.3, -0.25) is 4.79 Å². The Morgan fingerprint density at radius 2 is 2.14 bits per heavy atom. The summed E-state index contributed by atoms with van der Waals surface area (Å²) in [6.07, 6.45) is 0.657. The Hall–Kier alpha value is -1.88. The van der Waals surface area contributed by atoms with Crippen LogP contribution in [0.1, 0.15) is 32.8 Å². The second kappa shape index (κ2) is 6.72. The summed E-state index contributed by atoms with van der Waals surface area (Å²) in [5.41, 5.74) is 0.472. The van der Waals surface area contributed by atoms with Crippen molar-refractivity contribution in [2.24, 2.45) is 10.6 Å². The Labute approximate surface area is 125 Å². The van der Waals surface area contributed by atoms with E-state index in [0.29, 0.717) is 25.5 Å². The molecule has 5 heteroatoms. The first-order valence-electron chi connectivity index (χ1n) is 7.13. The average molecular weight is 290 g/mol. The molecular formula is C16H22N2O3. The molecule has 2 rings (SSSR count). The van der Waals surface area contributed by atoms with E-state index in [1.165, 1.54) is 0 Å². The van der Waals surface area contributed by atoms with Gasteiger partial charge in [0, 0.05) is 6.42 Å². The second-order valence-corrected chi connectivity index (χ2v) is 5.97. The lowest BCUT2D eigenvalue weighted by Crippen LogP contribution is -2.42. The zero-order chi connectivity index (χ0) is 15.3. The first-order chi connectivity index (χ1) is 9.97. The molecular weight excluding hydrogens is 268 g/mol. The summed E-state index contributed by atoms with van der Waals surface area (Å²) in [6.45, 7) is 6.47. The van der Waals surface area contributed by atoms with Crippen molar-refractivity contribution in [2.45, 2.75) is 39.9 Å². The van der Waals surface area contributed by atoms with Gasteiger partial charge in [0.1, 0.15) is 6.10 Å². The van der Waals surface area contributed by atoms with Crippen LogP contribution in [0.25, 0.3) is 0 Å². The van der Waals surface area contributed by atoms with E-state index in [9.17, 15) is 4.79 Å². The van der Waals surface area contributed by atoms with Crippen LogP contribution in [0.4, 0.5) is 0 Å². The van der Waals surface area contributed by atoms with Crippen LogP contribution in [0.2, 0.25) is 0 Å². The van der Waals surface area contributed by atoms with Crippen LogP contribution >= 0.6 is 0 Å². The molecule has 1 aromatic rings. The average Bonchev–Trinajstić information content (AvgIpc) is 2.85. The van der Waals surface area contributed by atoms with Crippen LogP contribution < -0.4 is 5.32 Å². The van der Waals surface area contributed by atoms with Crippen molar-refractivity contribution in [3.05, 3.63) is 35.9 Å². The number of hydrogen-bond acceptors (Lipinski definition) is 4. The molecule has 21 heavy (non-hydrogen) atoms. The van der Waals surface area contributed by atoms with E-state index in [1.54, 1.807) is 0 Å². The molecule has 0 saturated heterocycles. The highest BCUT2D eigenvalue weighted by atomic mass is 16.6. The molecule has 1 atom stereocenters. The summed E-state index contributed by atoms with van der Waals surface area (Å²) in [5, 5.41) is 6.65. The Bertz CT molecular complexity index is 512. The topological polar surface area (TPSA) is 59.9 Å². The largest absolute Gasteiger partial charge is 0.391 e. The molecule has 0 spiro atoms. The van der Waals surface area contributed by atoms with Crippen molar-refractivity contribution >= 4 is 11.7 Å². The van der Waals surface area contributed by atoms with Gasteiger partial charge in [0.05, 0.1) is 18.6 Å². The number of ether oxygens (including phenoxy) is 1. The highest BCUT2D eigenvalue weighted by Gasteiger charge is 2.30. The minimum absolute atomic E-state index is 0.0257. The Morgan fingerprint density at radius 1 is 1.43 bits per heavy atom. The van der Waals surface area contributed by atoms with E-state index in [0.717, 1.165) is 5.56 Å². The van der Waals surface area contributed by atoms with E-state index in [4.69, 9.17) is 9.57 Å². The van der Waals surface area contributed by atoms with Crippen LogP contribution in [-0.2, 0) is 21.0 Å². The maximum absolute atomic E-state index is 12.2. The van der Waals surface area contributed by atoms with Gasteiger partial charge in [-0.15, -0.1) is 0 Å². The third kappa shape index (κ3) is 4.56. The van der Waals surface area contributed by atoms with Crippen molar-refractivity contribution in [1.29, 1.82) is 0 Å². The van der Waals surface area contributed by atoms with Crippen LogP contribution in [-0.4, -0.2) is 24.5 Å². The second-order valence-electron chi connectivity index (χ2n) is 5.97. The van der Waals surface area contributed by atoms with Crippen LogP contribution in [0, 0.1) is 5.41 Å². The number of carbonyl (C=O) groups excluding carboxylic acids is 1. The van der Waals surface area contributed by atoms with Crippen molar-refractivity contribution in [1.82, 2.24) is 5.32 Å². The number of oxime groups is 1. The number of hydrogen-bond donors (Lipinski definition) is 1. The molecule has 5 nitrogen and oxygen atoms in total. The summed E-state index contributed by atoms with van der Waals surface area (Å²) in [7, 11) is 0. The number of amides is 1. The van der Waals surface area contributed by atoms with E-state index in [1.807, 2.05) is 51.1 Å². The molecule has 1 aliphatic rings. The molecule has 0 fully saturated rings. The number of nitrogens with one attached hydrogen (secondary N) is 1. The number of nitrogens with zero attached hydrogens (tertiary/aromatic N) is 1.